The van der Waals surface area contributed by atoms with Crippen LogP contribution < -0.4 is 0 Å². The van der Waals surface area contributed by atoms with E-state index in [0.29, 0.717) is 6.42 Å². The van der Waals surface area contributed by atoms with E-state index in [-0.39, 0.29) is 5.97 Å². The predicted octanol–water partition coefficient (Wildman–Crippen LogP) is 3.39. The maximum absolute atomic E-state index is 10.9. The highest BCUT2D eigenvalue weighted by Crippen LogP contribution is 2.20. The highest BCUT2D eigenvalue weighted by Gasteiger charge is 2.03. The lowest BCUT2D eigenvalue weighted by Gasteiger charge is -1.99. The van der Waals surface area contributed by atoms with Crippen molar-refractivity contribution in [2.75, 3.05) is 12.9 Å². The van der Waals surface area contributed by atoms with E-state index in [1.165, 1.54) is 7.11 Å². The smallest absolute Gasteiger partial charge is 0.305 e. The monoisotopic (exact) mass is 278 g/mol. The molecule has 2 rings (SSSR count). The standard InChI is InChI=1S/C14H18N2O2S/c1-18-13(17)9-3-2-6-10-19-14-15-11-7-4-5-8-12(11)16-14/h4-5,7-8H,2-3,6,9-10H2,1H3,(H,15,16). The van der Waals surface area contributed by atoms with Gasteiger partial charge in [-0.3, -0.25) is 4.79 Å². The number of H-pyrrole nitrogens is 1. The van der Waals surface area contributed by atoms with Crippen molar-refractivity contribution >= 4 is 28.8 Å². The number of hydrogen-bond acceptors (Lipinski definition) is 4. The normalized spacial score (nSPS) is 10.8. The Kier molecular flexibility index (Phi) is 5.27. The van der Waals surface area contributed by atoms with Crippen LogP contribution in [0.4, 0.5) is 0 Å². The Labute approximate surface area is 116 Å². The van der Waals surface area contributed by atoms with Crippen LogP contribution in [0.1, 0.15) is 25.7 Å². The number of hydrogen-bond donors (Lipinski definition) is 1. The van der Waals surface area contributed by atoms with Crippen LogP contribution in [-0.4, -0.2) is 28.8 Å². The van der Waals surface area contributed by atoms with Crippen LogP contribution in [-0.2, 0) is 9.53 Å². The number of carbonyl (C=O) groups excluding carboxylic acids is 1. The molecule has 5 heteroatoms. The lowest BCUT2D eigenvalue weighted by atomic mass is 10.2. The first-order valence-electron chi connectivity index (χ1n) is 6.44. The van der Waals surface area contributed by atoms with Crippen molar-refractivity contribution in [1.82, 2.24) is 9.97 Å². The molecule has 0 saturated heterocycles. The molecule has 0 bridgehead atoms. The summed E-state index contributed by atoms with van der Waals surface area (Å²) in [6.07, 6.45) is 3.54. The molecule has 0 radical (unpaired) electrons. The minimum Gasteiger partial charge on any atom is -0.469 e. The number of esters is 1. The molecule has 0 fully saturated rings. The van der Waals surface area contributed by atoms with Gasteiger partial charge < -0.3 is 9.72 Å². The topological polar surface area (TPSA) is 55.0 Å². The Hall–Kier alpha value is -1.49. The van der Waals surface area contributed by atoms with Gasteiger partial charge in [0.2, 0.25) is 0 Å². The summed E-state index contributed by atoms with van der Waals surface area (Å²) in [5.41, 5.74) is 2.09. The number of rotatable bonds is 7. The molecule has 0 saturated carbocycles. The Balaban J connectivity index is 1.67. The molecule has 1 N–H and O–H groups in total. The molecule has 0 aliphatic rings. The molecule has 1 heterocycles. The molecule has 0 spiro atoms. The van der Waals surface area contributed by atoms with Crippen LogP contribution in [0.3, 0.4) is 0 Å². The average Bonchev–Trinajstić information content (AvgIpc) is 2.84. The van der Waals surface area contributed by atoms with Crippen LogP contribution in [0.15, 0.2) is 29.4 Å². The third-order valence-electron chi connectivity index (χ3n) is 2.86. The Morgan fingerprint density at radius 2 is 2.16 bits per heavy atom. The molecule has 0 unspecified atom stereocenters. The summed E-state index contributed by atoms with van der Waals surface area (Å²) in [4.78, 5) is 18.7. The first-order chi connectivity index (χ1) is 9.29. The Morgan fingerprint density at radius 3 is 2.95 bits per heavy atom. The van der Waals surface area contributed by atoms with Gasteiger partial charge in [0, 0.05) is 12.2 Å². The summed E-state index contributed by atoms with van der Waals surface area (Å²) in [5.74, 6) is 0.894. The number of unbranched alkanes of at least 4 members (excludes halogenated alkanes) is 2. The molecular weight excluding hydrogens is 260 g/mol. The first-order valence-corrected chi connectivity index (χ1v) is 7.42. The molecule has 2 aromatic rings. The van der Waals surface area contributed by atoms with E-state index in [1.54, 1.807) is 11.8 Å². The quantitative estimate of drug-likeness (QED) is 0.479. The maximum Gasteiger partial charge on any atom is 0.305 e. The second-order valence-corrected chi connectivity index (χ2v) is 5.38. The number of imidazole rings is 1. The summed E-state index contributed by atoms with van der Waals surface area (Å²) in [6, 6.07) is 8.03. The van der Waals surface area contributed by atoms with Gasteiger partial charge in [0.25, 0.3) is 0 Å². The van der Waals surface area contributed by atoms with Crippen LogP contribution in [0.25, 0.3) is 11.0 Å². The molecule has 0 aliphatic heterocycles. The van der Waals surface area contributed by atoms with Gasteiger partial charge in [-0.1, -0.05) is 30.3 Å². The third-order valence-corrected chi connectivity index (χ3v) is 3.82. The fourth-order valence-corrected chi connectivity index (χ4v) is 2.70. The van der Waals surface area contributed by atoms with Crippen molar-refractivity contribution in [3.63, 3.8) is 0 Å². The van der Waals surface area contributed by atoms with Crippen molar-refractivity contribution in [1.29, 1.82) is 0 Å². The zero-order valence-electron chi connectivity index (χ0n) is 11.0. The molecule has 0 aliphatic carbocycles. The van der Waals surface area contributed by atoms with Gasteiger partial charge in [0.15, 0.2) is 5.16 Å². The molecule has 0 amide bonds. The summed E-state index contributed by atoms with van der Waals surface area (Å²) >= 11 is 1.73. The van der Waals surface area contributed by atoms with Crippen LogP contribution in [0.5, 0.6) is 0 Å². The number of nitrogens with zero attached hydrogens (tertiary/aromatic N) is 1. The van der Waals surface area contributed by atoms with Gasteiger partial charge in [0.1, 0.15) is 0 Å². The average molecular weight is 278 g/mol. The molecule has 0 atom stereocenters. The van der Waals surface area contributed by atoms with Gasteiger partial charge in [-0.25, -0.2) is 4.98 Å². The van der Waals surface area contributed by atoms with E-state index >= 15 is 0 Å². The third kappa shape index (κ3) is 4.28. The van der Waals surface area contributed by atoms with Gasteiger partial charge >= 0.3 is 5.97 Å². The number of methoxy groups -OCH3 is 1. The summed E-state index contributed by atoms with van der Waals surface area (Å²) in [6.45, 7) is 0. The molecule has 19 heavy (non-hydrogen) atoms. The van der Waals surface area contributed by atoms with Gasteiger partial charge in [-0.15, -0.1) is 0 Å². The van der Waals surface area contributed by atoms with Crippen LogP contribution >= 0.6 is 11.8 Å². The lowest BCUT2D eigenvalue weighted by Crippen LogP contribution is -1.99. The predicted molar refractivity (Wildman–Crippen MR) is 77.3 cm³/mol. The summed E-state index contributed by atoms with van der Waals surface area (Å²) in [5, 5.41) is 0.967. The zero-order valence-corrected chi connectivity index (χ0v) is 11.8. The van der Waals surface area contributed by atoms with E-state index in [0.717, 1.165) is 41.2 Å². The Morgan fingerprint density at radius 1 is 1.32 bits per heavy atom. The van der Waals surface area contributed by atoms with Crippen molar-refractivity contribution in [2.45, 2.75) is 30.8 Å². The number of benzene rings is 1. The number of carbonyl (C=O) groups is 1. The maximum atomic E-state index is 10.9. The number of para-hydroxylation sites is 2. The Bertz CT molecular complexity index is 506. The minimum atomic E-state index is -0.120. The molecule has 102 valence electrons. The van der Waals surface area contributed by atoms with Gasteiger partial charge in [-0.05, 0) is 25.0 Å². The SMILES string of the molecule is COC(=O)CCCCCSc1nc2ccccc2[nH]1. The second kappa shape index (κ2) is 7.19. The molecule has 4 nitrogen and oxygen atoms in total. The number of ether oxygens (including phenoxy) is 1. The van der Waals surface area contributed by atoms with Crippen molar-refractivity contribution in [3.05, 3.63) is 24.3 Å². The fraction of sp³-hybridized carbons (Fsp3) is 0.429. The first kappa shape index (κ1) is 13.9. The van der Waals surface area contributed by atoms with Crippen molar-refractivity contribution in [2.24, 2.45) is 0 Å². The number of fused-ring (bicyclic) bond motifs is 1. The number of aromatic nitrogens is 2. The van der Waals surface area contributed by atoms with Gasteiger partial charge in [-0.2, -0.15) is 0 Å². The zero-order chi connectivity index (χ0) is 13.5. The molecule has 1 aromatic carbocycles. The van der Waals surface area contributed by atoms with E-state index in [4.69, 9.17) is 0 Å². The fourth-order valence-electron chi connectivity index (χ4n) is 1.82. The molecule has 1 aromatic heterocycles. The number of nitrogens with one attached hydrogen (secondary N) is 1. The largest absolute Gasteiger partial charge is 0.469 e. The van der Waals surface area contributed by atoms with Crippen molar-refractivity contribution < 1.29 is 9.53 Å². The van der Waals surface area contributed by atoms with E-state index in [1.807, 2.05) is 24.3 Å². The highest BCUT2D eigenvalue weighted by molar-refractivity contribution is 7.99. The second-order valence-electron chi connectivity index (χ2n) is 4.29. The minimum absolute atomic E-state index is 0.120. The number of aromatic amines is 1. The van der Waals surface area contributed by atoms with Crippen LogP contribution in [0, 0.1) is 0 Å². The van der Waals surface area contributed by atoms with Crippen molar-refractivity contribution in [3.8, 4) is 0 Å². The van der Waals surface area contributed by atoms with E-state index in [9.17, 15) is 4.79 Å². The summed E-state index contributed by atoms with van der Waals surface area (Å²) in [7, 11) is 1.43. The van der Waals surface area contributed by atoms with E-state index in [2.05, 4.69) is 14.7 Å². The van der Waals surface area contributed by atoms with E-state index < -0.39 is 0 Å². The highest BCUT2D eigenvalue weighted by atomic mass is 32.2. The van der Waals surface area contributed by atoms with Gasteiger partial charge in [0.05, 0.1) is 18.1 Å². The molecular formula is C14H18N2O2S. The lowest BCUT2D eigenvalue weighted by molar-refractivity contribution is -0.140. The number of thioether (sulfide) groups is 1. The van der Waals surface area contributed by atoms with Crippen LogP contribution in [0.2, 0.25) is 0 Å². The summed E-state index contributed by atoms with van der Waals surface area (Å²) < 4.78 is 4.60.